The Morgan fingerprint density at radius 3 is 2.67 bits per heavy atom. The minimum atomic E-state index is -1.27. The summed E-state index contributed by atoms with van der Waals surface area (Å²) in [4.78, 5) is 23.7. The quantitative estimate of drug-likeness (QED) is 0.482. The average molecular weight is 414 g/mol. The van der Waals surface area contributed by atoms with Crippen LogP contribution in [0.4, 0.5) is 0 Å². The molecule has 0 amide bonds. The number of aliphatic hydroxyl groups is 2. The van der Waals surface area contributed by atoms with Crippen molar-refractivity contribution in [2.24, 2.45) is 0 Å². The number of thioether (sulfide) groups is 1. The van der Waals surface area contributed by atoms with Crippen LogP contribution < -0.4 is 5.56 Å². The van der Waals surface area contributed by atoms with Crippen LogP contribution in [0.2, 0.25) is 0 Å². The van der Waals surface area contributed by atoms with E-state index in [2.05, 4.69) is 34.6 Å². The van der Waals surface area contributed by atoms with E-state index in [1.165, 1.54) is 11.8 Å². The van der Waals surface area contributed by atoms with Crippen molar-refractivity contribution in [1.82, 2.24) is 19.5 Å². The maximum atomic E-state index is 12.3. The summed E-state index contributed by atoms with van der Waals surface area (Å²) < 4.78 is 7.69. The molecule has 2 aromatic rings. The van der Waals surface area contributed by atoms with E-state index in [0.29, 0.717) is 23.0 Å². The number of aromatic nitrogens is 4. The predicted octanol–water partition coefficient (Wildman–Crippen LogP) is 1.26. The van der Waals surface area contributed by atoms with Crippen molar-refractivity contribution in [2.45, 2.75) is 50.0 Å². The summed E-state index contributed by atoms with van der Waals surface area (Å²) in [5.41, 5.74) is 0.228. The lowest BCUT2D eigenvalue weighted by Crippen LogP contribution is -2.32. The molecule has 0 radical (unpaired) electrons. The molecule has 2 unspecified atom stereocenters. The van der Waals surface area contributed by atoms with Crippen molar-refractivity contribution in [3.63, 3.8) is 0 Å². The third-order valence-corrected chi connectivity index (χ3v) is 6.82. The number of hydrogen-bond acceptors (Lipinski definition) is 7. The fraction of sp³-hybridized carbons (Fsp3) is 0.647. The van der Waals surface area contributed by atoms with Gasteiger partial charge >= 0.3 is 0 Å². The number of imidazole rings is 1. The Hall–Kier alpha value is -1.12. The van der Waals surface area contributed by atoms with E-state index in [1.54, 1.807) is 11.5 Å². The van der Waals surface area contributed by atoms with Crippen LogP contribution in [0.5, 0.6) is 0 Å². The Morgan fingerprint density at radius 1 is 1.33 bits per heavy atom. The summed E-state index contributed by atoms with van der Waals surface area (Å²) in [7, 11) is 0. The number of rotatable bonds is 6. The molecule has 1 aliphatic heterocycles. The molecule has 2 aromatic heterocycles. The lowest BCUT2D eigenvalue weighted by Gasteiger charge is -2.19. The maximum absolute atomic E-state index is 12.3. The first-order valence-corrected chi connectivity index (χ1v) is 13.0. The first-order valence-electron chi connectivity index (χ1n) is 8.93. The summed E-state index contributed by atoms with van der Waals surface area (Å²) >= 11 is 1.43. The molecule has 4 atom stereocenters. The molecule has 0 spiro atoms. The number of aromatic amines is 1. The van der Waals surface area contributed by atoms with Crippen molar-refractivity contribution in [2.75, 3.05) is 25.2 Å². The summed E-state index contributed by atoms with van der Waals surface area (Å²) in [6.07, 6.45) is 2.18. The molecule has 3 N–H and O–H groups in total. The molecule has 0 bridgehead atoms. The number of hydrogen-bond donors (Lipinski definition) is 3. The minimum Gasteiger partial charge on any atom is -0.388 e. The SMILES string of the molecule is C=P(C)(C)CC[C@H]1OC(n2c(SCC)nc3c(=O)[nH]c(C)nc32)C(O)[C@@H]1O. The van der Waals surface area contributed by atoms with Crippen molar-refractivity contribution >= 4 is 36.1 Å². The molecule has 3 heterocycles. The lowest BCUT2D eigenvalue weighted by molar-refractivity contribution is -0.0400. The number of nitrogens with one attached hydrogen (secondary N) is 1. The number of fused-ring (bicyclic) bond motifs is 1. The van der Waals surface area contributed by atoms with Crippen molar-refractivity contribution < 1.29 is 14.9 Å². The highest BCUT2D eigenvalue weighted by atomic mass is 32.2. The van der Waals surface area contributed by atoms with Gasteiger partial charge in [-0.05, 0) is 38.6 Å². The molecule has 27 heavy (non-hydrogen) atoms. The van der Waals surface area contributed by atoms with Gasteiger partial charge in [-0.15, -0.1) is 13.2 Å². The van der Waals surface area contributed by atoms with Gasteiger partial charge in [-0.25, -0.2) is 9.97 Å². The molecule has 150 valence electrons. The third kappa shape index (κ3) is 4.17. The van der Waals surface area contributed by atoms with Gasteiger partial charge in [0.2, 0.25) is 0 Å². The zero-order valence-electron chi connectivity index (χ0n) is 16.0. The Balaban J connectivity index is 2.02. The van der Waals surface area contributed by atoms with Crippen LogP contribution >= 0.6 is 18.6 Å². The molecule has 1 fully saturated rings. The van der Waals surface area contributed by atoms with Crippen LogP contribution in [0.15, 0.2) is 9.95 Å². The zero-order chi connectivity index (χ0) is 19.9. The van der Waals surface area contributed by atoms with Crippen LogP contribution in [-0.4, -0.2) is 79.6 Å². The fourth-order valence-corrected chi connectivity index (χ4v) is 4.89. The number of H-pyrrole nitrogens is 1. The Kier molecular flexibility index (Phi) is 5.89. The number of nitrogens with zero attached hydrogens (tertiary/aromatic N) is 3. The first-order chi connectivity index (χ1) is 12.6. The van der Waals surface area contributed by atoms with E-state index in [-0.39, 0.29) is 11.1 Å². The van der Waals surface area contributed by atoms with Gasteiger partial charge in [0.25, 0.3) is 5.56 Å². The highest BCUT2D eigenvalue weighted by molar-refractivity contribution is 7.99. The van der Waals surface area contributed by atoms with Crippen LogP contribution in [0.25, 0.3) is 11.2 Å². The molecular formula is C17H27N4O4PS. The minimum absolute atomic E-state index is 0.204. The second-order valence-electron chi connectivity index (χ2n) is 7.52. The summed E-state index contributed by atoms with van der Waals surface area (Å²) in [6, 6.07) is 0. The predicted molar refractivity (Wildman–Crippen MR) is 111 cm³/mol. The fourth-order valence-electron chi connectivity index (χ4n) is 3.19. The topological polar surface area (TPSA) is 113 Å². The molecule has 8 nitrogen and oxygen atoms in total. The smallest absolute Gasteiger partial charge is 0.279 e. The molecule has 3 rings (SSSR count). The zero-order valence-corrected chi connectivity index (χ0v) is 17.8. The standard InChI is InChI=1S/C17H27N4O4PS/c1-6-27-17-20-11-14(18-9(2)19-15(11)24)21(17)16-13(23)12(22)10(25-16)7-8-26(3,4)5/h10,12-13,16,22-23H,3,6-8H2,1-2,4-5H3,(H,18,19,24)/t10-,12-,13?,16?/m1/s1. The molecule has 0 saturated carbocycles. The Labute approximate surface area is 162 Å². The van der Waals surface area contributed by atoms with E-state index < -0.39 is 31.4 Å². The highest BCUT2D eigenvalue weighted by Crippen LogP contribution is 2.40. The van der Waals surface area contributed by atoms with E-state index in [1.807, 2.05) is 6.92 Å². The Bertz CT molecular complexity index is 937. The normalized spacial score (nSPS) is 26.1. The van der Waals surface area contributed by atoms with E-state index in [0.717, 1.165) is 11.9 Å². The van der Waals surface area contributed by atoms with E-state index in [4.69, 9.17) is 4.74 Å². The molecule has 0 aliphatic carbocycles. The van der Waals surface area contributed by atoms with E-state index in [9.17, 15) is 15.0 Å². The number of aliphatic hydroxyl groups excluding tert-OH is 2. The van der Waals surface area contributed by atoms with Gasteiger partial charge in [0, 0.05) is 0 Å². The second kappa shape index (κ2) is 7.72. The second-order valence-corrected chi connectivity index (χ2v) is 13.1. The van der Waals surface area contributed by atoms with Gasteiger partial charge in [-0.3, -0.25) is 9.36 Å². The lowest BCUT2D eigenvalue weighted by atomic mass is 10.1. The monoisotopic (exact) mass is 414 g/mol. The molecular weight excluding hydrogens is 387 g/mol. The summed E-state index contributed by atoms with van der Waals surface area (Å²) in [6.45, 7) is 6.64. The van der Waals surface area contributed by atoms with Crippen molar-refractivity contribution in [3.05, 3.63) is 16.2 Å². The summed E-state index contributed by atoms with van der Waals surface area (Å²) in [5.74, 6) is 1.18. The van der Waals surface area contributed by atoms with Crippen molar-refractivity contribution in [3.8, 4) is 0 Å². The average Bonchev–Trinajstić information content (AvgIpc) is 3.04. The van der Waals surface area contributed by atoms with Gasteiger partial charge in [0.1, 0.15) is 18.0 Å². The molecule has 0 aromatic carbocycles. The van der Waals surface area contributed by atoms with Crippen LogP contribution in [0.1, 0.15) is 25.4 Å². The van der Waals surface area contributed by atoms with Gasteiger partial charge in [0.15, 0.2) is 22.5 Å². The highest BCUT2D eigenvalue weighted by Gasteiger charge is 2.45. The Morgan fingerprint density at radius 2 is 2.04 bits per heavy atom. The van der Waals surface area contributed by atoms with Crippen LogP contribution in [-0.2, 0) is 4.74 Å². The van der Waals surface area contributed by atoms with Gasteiger partial charge in [0.05, 0.1) is 6.10 Å². The number of ether oxygens (including phenoxy) is 1. The first kappa shape index (κ1) is 20.6. The van der Waals surface area contributed by atoms with Gasteiger partial charge in [-0.1, -0.05) is 18.7 Å². The van der Waals surface area contributed by atoms with Crippen LogP contribution in [0, 0.1) is 6.92 Å². The van der Waals surface area contributed by atoms with E-state index >= 15 is 0 Å². The third-order valence-electron chi connectivity index (χ3n) is 4.52. The molecule has 10 heteroatoms. The summed E-state index contributed by atoms with van der Waals surface area (Å²) in [5, 5.41) is 21.7. The van der Waals surface area contributed by atoms with Gasteiger partial charge in [-0.2, -0.15) is 0 Å². The maximum Gasteiger partial charge on any atom is 0.279 e. The van der Waals surface area contributed by atoms with Crippen LogP contribution in [0.3, 0.4) is 0 Å². The number of aryl methyl sites for hydroxylation is 1. The molecule has 1 aliphatic rings. The van der Waals surface area contributed by atoms with Crippen molar-refractivity contribution in [1.29, 1.82) is 0 Å². The largest absolute Gasteiger partial charge is 0.388 e. The van der Waals surface area contributed by atoms with Gasteiger partial charge < -0.3 is 19.9 Å². The molecule has 1 saturated heterocycles.